The molecule has 0 spiro atoms. The van der Waals surface area contributed by atoms with Gasteiger partial charge in [-0.2, -0.15) is 40.2 Å². The van der Waals surface area contributed by atoms with Crippen molar-refractivity contribution >= 4 is 44.4 Å². The van der Waals surface area contributed by atoms with Crippen LogP contribution in [0.3, 0.4) is 0 Å². The number of hydrogen-bond acceptors (Lipinski definition) is 7. The van der Waals surface area contributed by atoms with Gasteiger partial charge in [-0.25, -0.2) is 15.0 Å². The maximum atomic E-state index is 12.6. The number of fused-ring (bicyclic) bond motifs is 1. The van der Waals surface area contributed by atoms with E-state index in [0.717, 1.165) is 25.1 Å². The SMILES string of the molecule is C.C.CO[C@@H](C)[C@H]1C(=O)Nc2c(C)nc(CC3CC(Oc4ccc(C(F)(F)F)nc4)C3)nc2N1C.S.S. The Hall–Kier alpha value is -2.25. The molecule has 4 rings (SSSR count). The van der Waals surface area contributed by atoms with Crippen molar-refractivity contribution in [2.24, 2.45) is 5.92 Å². The maximum absolute atomic E-state index is 12.6. The average Bonchev–Trinajstić information content (AvgIpc) is 2.72. The van der Waals surface area contributed by atoms with Crippen LogP contribution in [0.15, 0.2) is 18.3 Å². The number of nitrogens with one attached hydrogen (secondary N) is 1. The summed E-state index contributed by atoms with van der Waals surface area (Å²) in [5.41, 5.74) is 0.363. The number of halogens is 3. The molecule has 13 heteroatoms. The van der Waals surface area contributed by atoms with Gasteiger partial charge >= 0.3 is 6.18 Å². The zero-order valence-corrected chi connectivity index (χ0v) is 21.8. The van der Waals surface area contributed by atoms with Crippen molar-refractivity contribution in [3.63, 3.8) is 0 Å². The number of nitrogens with zero attached hydrogens (tertiary/aromatic N) is 4. The molecular weight excluding hydrogens is 527 g/mol. The van der Waals surface area contributed by atoms with Crippen LogP contribution in [0.4, 0.5) is 24.7 Å². The molecule has 0 bridgehead atoms. The fourth-order valence-electron chi connectivity index (χ4n) is 4.27. The first kappa shape index (κ1) is 34.8. The van der Waals surface area contributed by atoms with Crippen LogP contribution in [0.2, 0.25) is 0 Å². The number of aryl methyl sites for hydroxylation is 1. The van der Waals surface area contributed by atoms with E-state index in [0.29, 0.717) is 41.1 Å². The summed E-state index contributed by atoms with van der Waals surface area (Å²) >= 11 is 0. The summed E-state index contributed by atoms with van der Waals surface area (Å²) in [6.07, 6.45) is -1.62. The van der Waals surface area contributed by atoms with Gasteiger partial charge in [-0.1, -0.05) is 14.9 Å². The third kappa shape index (κ3) is 7.41. The summed E-state index contributed by atoms with van der Waals surface area (Å²) in [6.45, 7) is 3.67. The summed E-state index contributed by atoms with van der Waals surface area (Å²) in [4.78, 5) is 27.1. The van der Waals surface area contributed by atoms with Crippen molar-refractivity contribution in [1.82, 2.24) is 15.0 Å². The third-order valence-electron chi connectivity index (χ3n) is 6.19. The number of rotatable bonds is 6. The van der Waals surface area contributed by atoms with Crippen LogP contribution in [-0.2, 0) is 22.1 Å². The third-order valence-corrected chi connectivity index (χ3v) is 6.19. The number of aromatic nitrogens is 3. The zero-order valence-electron chi connectivity index (χ0n) is 19.8. The molecule has 8 nitrogen and oxygen atoms in total. The number of carbonyl (C=O) groups excluding carboxylic acids is 1. The van der Waals surface area contributed by atoms with E-state index in [4.69, 9.17) is 14.5 Å². The molecule has 1 N–H and O–H groups in total. The zero-order chi connectivity index (χ0) is 23.9. The highest BCUT2D eigenvalue weighted by Gasteiger charge is 2.38. The van der Waals surface area contributed by atoms with E-state index in [9.17, 15) is 18.0 Å². The minimum atomic E-state index is -4.47. The molecule has 0 radical (unpaired) electrons. The molecule has 1 aliphatic heterocycles. The molecule has 2 aromatic rings. The van der Waals surface area contributed by atoms with Gasteiger partial charge in [0, 0.05) is 20.6 Å². The molecule has 1 amide bonds. The summed E-state index contributed by atoms with van der Waals surface area (Å²) in [6, 6.07) is 1.71. The lowest BCUT2D eigenvalue weighted by molar-refractivity contribution is -0.141. The molecule has 2 atom stereocenters. The first-order valence-electron chi connectivity index (χ1n) is 10.7. The van der Waals surface area contributed by atoms with Crippen molar-refractivity contribution in [3.8, 4) is 5.75 Å². The lowest BCUT2D eigenvalue weighted by Crippen LogP contribution is -2.53. The number of hydrogen-bond donors (Lipinski definition) is 1. The van der Waals surface area contributed by atoms with Gasteiger partial charge in [-0.05, 0) is 44.7 Å². The van der Waals surface area contributed by atoms with Crippen molar-refractivity contribution < 1.29 is 27.4 Å². The van der Waals surface area contributed by atoms with Gasteiger partial charge in [0.15, 0.2) is 5.82 Å². The van der Waals surface area contributed by atoms with Gasteiger partial charge < -0.3 is 19.7 Å². The topological polar surface area (TPSA) is 89.5 Å². The van der Waals surface area contributed by atoms with E-state index in [1.54, 1.807) is 7.11 Å². The number of pyridine rings is 1. The number of carbonyl (C=O) groups is 1. The molecule has 37 heavy (non-hydrogen) atoms. The Balaban J connectivity index is 0.00000324. The van der Waals surface area contributed by atoms with Crippen LogP contribution in [0, 0.1) is 12.8 Å². The van der Waals surface area contributed by atoms with Gasteiger partial charge in [0.05, 0.1) is 24.1 Å². The second-order valence-corrected chi connectivity index (χ2v) is 8.57. The molecule has 1 fully saturated rings. The van der Waals surface area contributed by atoms with Gasteiger partial charge in [-0.15, -0.1) is 0 Å². The first-order chi connectivity index (χ1) is 15.6. The van der Waals surface area contributed by atoms with Crippen LogP contribution in [-0.4, -0.2) is 53.3 Å². The molecule has 2 aromatic heterocycles. The van der Waals surface area contributed by atoms with E-state index in [1.807, 2.05) is 25.8 Å². The number of alkyl halides is 3. The van der Waals surface area contributed by atoms with Crippen LogP contribution < -0.4 is 15.0 Å². The quantitative estimate of drug-likeness (QED) is 0.534. The Morgan fingerprint density at radius 3 is 2.38 bits per heavy atom. The Morgan fingerprint density at radius 1 is 1.19 bits per heavy atom. The number of amides is 1. The van der Waals surface area contributed by atoms with Crippen LogP contribution in [0.5, 0.6) is 5.75 Å². The highest BCUT2D eigenvalue weighted by atomic mass is 32.1. The molecule has 2 aliphatic rings. The van der Waals surface area contributed by atoms with Crippen LogP contribution in [0.1, 0.15) is 51.8 Å². The Morgan fingerprint density at radius 2 is 1.84 bits per heavy atom. The largest absolute Gasteiger partial charge is 0.489 e. The summed E-state index contributed by atoms with van der Waals surface area (Å²) < 4.78 is 49.0. The standard InChI is InChI=1S/C22H26F3N5O3.2CH4.2H2S/c1-11-18-20(30(3)19(12(2)32-4)21(31)29-18)28-17(27-11)9-13-7-15(8-13)33-14-5-6-16(26-10-14)22(23,24)25;;;;/h5-6,10,12-13,15,19H,7-9H2,1-4H3,(H,29,31);2*1H4;2*1H2/t12-,13?,15?,19-;;;;/m0..../s1. The fourth-order valence-corrected chi connectivity index (χ4v) is 4.27. The molecule has 3 heterocycles. The number of likely N-dealkylation sites (N-methyl/N-ethyl adjacent to an activating group) is 1. The predicted molar refractivity (Wildman–Crippen MR) is 148 cm³/mol. The van der Waals surface area contributed by atoms with Crippen molar-refractivity contribution in [1.29, 1.82) is 0 Å². The van der Waals surface area contributed by atoms with Gasteiger partial charge in [0.1, 0.15) is 29.0 Å². The molecule has 0 unspecified atom stereocenters. The minimum Gasteiger partial charge on any atom is -0.489 e. The lowest BCUT2D eigenvalue weighted by Gasteiger charge is -2.38. The normalized spacial score (nSPS) is 20.9. The van der Waals surface area contributed by atoms with Gasteiger partial charge in [0.2, 0.25) is 5.91 Å². The first-order valence-corrected chi connectivity index (χ1v) is 10.7. The van der Waals surface area contributed by atoms with Crippen LogP contribution in [0.25, 0.3) is 0 Å². The molecule has 1 saturated carbocycles. The number of anilines is 2. The molecule has 210 valence electrons. The van der Waals surface area contributed by atoms with E-state index in [-0.39, 0.29) is 60.0 Å². The molecular formula is C24H38F3N5O3S2. The van der Waals surface area contributed by atoms with Crippen molar-refractivity contribution in [3.05, 3.63) is 35.5 Å². The monoisotopic (exact) mass is 565 g/mol. The van der Waals surface area contributed by atoms with E-state index >= 15 is 0 Å². The number of ether oxygens (including phenoxy) is 2. The molecule has 1 aliphatic carbocycles. The number of methoxy groups -OCH3 is 1. The Kier molecular flexibility index (Phi) is 12.7. The fraction of sp³-hybridized carbons (Fsp3) is 0.583. The molecule has 0 saturated heterocycles. The highest BCUT2D eigenvalue weighted by Crippen LogP contribution is 2.37. The smallest absolute Gasteiger partial charge is 0.433 e. The highest BCUT2D eigenvalue weighted by molar-refractivity contribution is 7.59. The summed E-state index contributed by atoms with van der Waals surface area (Å²) in [5, 5.41) is 2.90. The molecule has 0 aromatic carbocycles. The Bertz CT molecular complexity index is 1040. The second-order valence-electron chi connectivity index (χ2n) is 8.57. The van der Waals surface area contributed by atoms with Gasteiger partial charge in [-0.3, -0.25) is 4.79 Å². The minimum absolute atomic E-state index is 0. The summed E-state index contributed by atoms with van der Waals surface area (Å²) in [5.74, 6) is 1.80. The van der Waals surface area contributed by atoms with Gasteiger partial charge in [0.25, 0.3) is 0 Å². The van der Waals surface area contributed by atoms with Crippen molar-refractivity contribution in [2.75, 3.05) is 24.4 Å². The van der Waals surface area contributed by atoms with Crippen LogP contribution >= 0.6 is 27.0 Å². The maximum Gasteiger partial charge on any atom is 0.433 e. The predicted octanol–water partition coefficient (Wildman–Crippen LogP) is 4.89. The van der Waals surface area contributed by atoms with E-state index in [2.05, 4.69) is 15.3 Å². The Labute approximate surface area is 230 Å². The second kappa shape index (κ2) is 13.5. The lowest BCUT2D eigenvalue weighted by atomic mass is 9.80. The average molecular weight is 566 g/mol. The summed E-state index contributed by atoms with van der Waals surface area (Å²) in [7, 11) is 3.38. The van der Waals surface area contributed by atoms with E-state index in [1.165, 1.54) is 6.07 Å². The van der Waals surface area contributed by atoms with E-state index < -0.39 is 17.9 Å². The van der Waals surface area contributed by atoms with Crippen molar-refractivity contribution in [2.45, 2.75) is 72.4 Å².